The fraction of sp³-hybridized carbons (Fsp3) is 1.00. The quantitative estimate of drug-likeness (QED) is 0.713. The molecule has 1 aliphatic rings. The van der Waals surface area contributed by atoms with Crippen LogP contribution in [-0.2, 0) is 9.47 Å². The smallest absolute Gasteiger partial charge is 0.0615 e. The molecule has 108 valence electrons. The summed E-state index contributed by atoms with van der Waals surface area (Å²) in [6.07, 6.45) is 2.57. The van der Waals surface area contributed by atoms with E-state index in [9.17, 15) is 0 Å². The topological polar surface area (TPSA) is 33.7 Å². The number of ether oxygens (including phenoxy) is 2. The van der Waals surface area contributed by atoms with Crippen molar-refractivity contribution < 1.29 is 9.47 Å². The van der Waals surface area contributed by atoms with Crippen LogP contribution < -0.4 is 5.32 Å². The second-order valence-corrected chi connectivity index (χ2v) is 5.54. The van der Waals surface area contributed by atoms with Crippen LogP contribution in [-0.4, -0.2) is 64.1 Å². The molecule has 1 aliphatic heterocycles. The van der Waals surface area contributed by atoms with Crippen molar-refractivity contribution in [2.75, 3.05) is 47.1 Å². The lowest BCUT2D eigenvalue weighted by molar-refractivity contribution is 0.0593. The monoisotopic (exact) mass is 258 g/mol. The molecule has 18 heavy (non-hydrogen) atoms. The first-order valence-electron chi connectivity index (χ1n) is 7.12. The summed E-state index contributed by atoms with van der Waals surface area (Å²) in [5, 5.41) is 3.51. The molecular weight excluding hydrogens is 228 g/mol. The summed E-state index contributed by atoms with van der Waals surface area (Å²) in [5.41, 5.74) is 0. The van der Waals surface area contributed by atoms with E-state index in [2.05, 4.69) is 24.1 Å². The van der Waals surface area contributed by atoms with Gasteiger partial charge in [0, 0.05) is 39.4 Å². The van der Waals surface area contributed by atoms with Gasteiger partial charge in [-0.2, -0.15) is 0 Å². The highest BCUT2D eigenvalue weighted by Crippen LogP contribution is 2.18. The first-order chi connectivity index (χ1) is 8.67. The van der Waals surface area contributed by atoms with E-state index in [1.54, 1.807) is 14.2 Å². The first-order valence-corrected chi connectivity index (χ1v) is 7.12. The largest absolute Gasteiger partial charge is 0.383 e. The Balaban J connectivity index is 2.42. The number of nitrogens with zero attached hydrogens (tertiary/aromatic N) is 1. The zero-order valence-electron chi connectivity index (χ0n) is 12.4. The summed E-state index contributed by atoms with van der Waals surface area (Å²) in [4.78, 5) is 2.51. The zero-order chi connectivity index (χ0) is 13.4. The van der Waals surface area contributed by atoms with Crippen molar-refractivity contribution in [2.45, 2.75) is 38.8 Å². The predicted molar refractivity (Wildman–Crippen MR) is 75.0 cm³/mol. The summed E-state index contributed by atoms with van der Waals surface area (Å²) in [5.74, 6) is 0.803. The molecule has 0 amide bonds. The molecule has 3 atom stereocenters. The van der Waals surface area contributed by atoms with Gasteiger partial charge in [0.05, 0.1) is 13.2 Å². The molecule has 0 aliphatic carbocycles. The summed E-state index contributed by atoms with van der Waals surface area (Å²) < 4.78 is 10.5. The van der Waals surface area contributed by atoms with Gasteiger partial charge >= 0.3 is 0 Å². The molecule has 1 rings (SSSR count). The van der Waals surface area contributed by atoms with Crippen LogP contribution in [0.25, 0.3) is 0 Å². The maximum Gasteiger partial charge on any atom is 0.0615 e. The van der Waals surface area contributed by atoms with Gasteiger partial charge in [0.2, 0.25) is 0 Å². The second kappa shape index (κ2) is 8.86. The molecule has 1 N–H and O–H groups in total. The Morgan fingerprint density at radius 2 is 2.11 bits per heavy atom. The summed E-state index contributed by atoms with van der Waals surface area (Å²) >= 11 is 0. The Bertz CT molecular complexity index is 214. The van der Waals surface area contributed by atoms with Crippen LogP contribution in [0.4, 0.5) is 0 Å². The van der Waals surface area contributed by atoms with Crippen molar-refractivity contribution in [3.8, 4) is 0 Å². The van der Waals surface area contributed by atoms with Crippen LogP contribution in [0, 0.1) is 5.92 Å². The van der Waals surface area contributed by atoms with Crippen LogP contribution in [0.1, 0.15) is 26.7 Å². The van der Waals surface area contributed by atoms with E-state index in [4.69, 9.17) is 9.47 Å². The molecular formula is C14H30N2O2. The Morgan fingerprint density at radius 1 is 1.33 bits per heavy atom. The van der Waals surface area contributed by atoms with Crippen molar-refractivity contribution in [1.29, 1.82) is 0 Å². The third kappa shape index (κ3) is 5.65. The van der Waals surface area contributed by atoms with Crippen molar-refractivity contribution in [3.05, 3.63) is 0 Å². The van der Waals surface area contributed by atoms with E-state index in [0.29, 0.717) is 12.1 Å². The van der Waals surface area contributed by atoms with Gasteiger partial charge in [-0.3, -0.25) is 4.90 Å². The van der Waals surface area contributed by atoms with E-state index in [0.717, 1.165) is 32.2 Å². The Hall–Kier alpha value is -0.160. The molecule has 4 nitrogen and oxygen atoms in total. The van der Waals surface area contributed by atoms with Crippen molar-refractivity contribution in [3.63, 3.8) is 0 Å². The van der Waals surface area contributed by atoms with Crippen molar-refractivity contribution >= 4 is 0 Å². The molecule has 0 aromatic heterocycles. The highest BCUT2D eigenvalue weighted by Gasteiger charge is 2.23. The van der Waals surface area contributed by atoms with E-state index in [1.807, 2.05) is 0 Å². The Labute approximate surface area is 112 Å². The van der Waals surface area contributed by atoms with Crippen LogP contribution in [0.2, 0.25) is 0 Å². The van der Waals surface area contributed by atoms with Gasteiger partial charge in [0.1, 0.15) is 0 Å². The SMILES string of the molecule is COCCN(CC1CCNC(C)C1)C(C)COC. The number of nitrogens with one attached hydrogen (secondary N) is 1. The average molecular weight is 258 g/mol. The van der Waals surface area contributed by atoms with Crippen molar-refractivity contribution in [1.82, 2.24) is 10.2 Å². The minimum absolute atomic E-state index is 0.468. The molecule has 0 saturated carbocycles. The first kappa shape index (κ1) is 15.9. The molecule has 3 unspecified atom stereocenters. The van der Waals surface area contributed by atoms with E-state index < -0.39 is 0 Å². The zero-order valence-corrected chi connectivity index (χ0v) is 12.4. The highest BCUT2D eigenvalue weighted by atomic mass is 16.5. The summed E-state index contributed by atoms with van der Waals surface area (Å²) in [7, 11) is 3.55. The predicted octanol–water partition coefficient (Wildman–Crippen LogP) is 1.36. The van der Waals surface area contributed by atoms with Gasteiger partial charge in [-0.25, -0.2) is 0 Å². The summed E-state index contributed by atoms with van der Waals surface area (Å²) in [6, 6.07) is 1.13. The standard InChI is InChI=1S/C14H30N2O2/c1-12-9-14(5-6-15-12)10-16(7-8-17-3)13(2)11-18-4/h12-15H,5-11H2,1-4H3. The van der Waals surface area contributed by atoms with Crippen LogP contribution >= 0.6 is 0 Å². The highest BCUT2D eigenvalue weighted by molar-refractivity contribution is 4.79. The fourth-order valence-electron chi connectivity index (χ4n) is 2.78. The molecule has 0 aromatic carbocycles. The molecule has 1 heterocycles. The molecule has 1 fully saturated rings. The molecule has 1 saturated heterocycles. The minimum atomic E-state index is 0.468. The molecule has 0 bridgehead atoms. The second-order valence-electron chi connectivity index (χ2n) is 5.54. The van der Waals surface area contributed by atoms with Gasteiger partial charge in [-0.1, -0.05) is 0 Å². The molecule has 4 heteroatoms. The Morgan fingerprint density at radius 3 is 2.72 bits per heavy atom. The van der Waals surface area contributed by atoms with E-state index in [-0.39, 0.29) is 0 Å². The third-order valence-electron chi connectivity index (χ3n) is 3.84. The van der Waals surface area contributed by atoms with Crippen molar-refractivity contribution in [2.24, 2.45) is 5.92 Å². The lowest BCUT2D eigenvalue weighted by atomic mass is 9.92. The maximum absolute atomic E-state index is 5.28. The molecule has 0 spiro atoms. The van der Waals surface area contributed by atoms with E-state index >= 15 is 0 Å². The maximum atomic E-state index is 5.28. The molecule has 0 radical (unpaired) electrons. The summed E-state index contributed by atoms with van der Waals surface area (Å²) in [6.45, 7) is 9.44. The van der Waals surface area contributed by atoms with Crippen LogP contribution in [0.5, 0.6) is 0 Å². The number of rotatable bonds is 8. The lowest BCUT2D eigenvalue weighted by Gasteiger charge is -2.35. The Kier molecular flexibility index (Phi) is 7.82. The van der Waals surface area contributed by atoms with Gasteiger partial charge in [0.25, 0.3) is 0 Å². The van der Waals surface area contributed by atoms with E-state index in [1.165, 1.54) is 19.4 Å². The minimum Gasteiger partial charge on any atom is -0.383 e. The number of methoxy groups -OCH3 is 2. The average Bonchev–Trinajstić information content (AvgIpc) is 2.34. The number of hydrogen-bond acceptors (Lipinski definition) is 4. The normalized spacial score (nSPS) is 26.5. The number of hydrogen-bond donors (Lipinski definition) is 1. The lowest BCUT2D eigenvalue weighted by Crippen LogP contribution is -2.45. The van der Waals surface area contributed by atoms with Gasteiger partial charge in [-0.15, -0.1) is 0 Å². The third-order valence-corrected chi connectivity index (χ3v) is 3.84. The van der Waals surface area contributed by atoms with Gasteiger partial charge in [-0.05, 0) is 39.2 Å². The fourth-order valence-corrected chi connectivity index (χ4v) is 2.78. The van der Waals surface area contributed by atoms with Gasteiger partial charge < -0.3 is 14.8 Å². The van der Waals surface area contributed by atoms with Crippen LogP contribution in [0.15, 0.2) is 0 Å². The van der Waals surface area contributed by atoms with Crippen LogP contribution in [0.3, 0.4) is 0 Å². The number of piperidine rings is 1. The molecule has 0 aromatic rings. The van der Waals surface area contributed by atoms with Gasteiger partial charge in [0.15, 0.2) is 0 Å².